The fraction of sp³-hybridized carbons (Fsp3) is 0.500. The Hall–Kier alpha value is -1.43. The van der Waals surface area contributed by atoms with Gasteiger partial charge in [0, 0.05) is 23.7 Å². The van der Waals surface area contributed by atoms with Gasteiger partial charge < -0.3 is 15.1 Å². The number of para-hydroxylation sites is 1. The summed E-state index contributed by atoms with van der Waals surface area (Å²) in [6, 6.07) is 10.7. The molecule has 2 aromatic rings. The SMILES string of the molecule is Cc1cccc(C)c1NC(=S)N(CCN1CCCCCC1)Cc1cccs1. The van der Waals surface area contributed by atoms with E-state index in [1.54, 1.807) is 11.3 Å². The van der Waals surface area contributed by atoms with Gasteiger partial charge in [-0.3, -0.25) is 0 Å². The van der Waals surface area contributed by atoms with Crippen molar-refractivity contribution in [2.24, 2.45) is 0 Å². The molecule has 1 N–H and O–H groups in total. The smallest absolute Gasteiger partial charge is 0.173 e. The minimum atomic E-state index is 0.829. The Kier molecular flexibility index (Phi) is 7.68. The molecule has 1 aromatic carbocycles. The highest BCUT2D eigenvalue weighted by Gasteiger charge is 2.16. The fourth-order valence-electron chi connectivity index (χ4n) is 3.66. The van der Waals surface area contributed by atoms with Gasteiger partial charge in [-0.2, -0.15) is 0 Å². The van der Waals surface area contributed by atoms with Gasteiger partial charge in [-0.1, -0.05) is 37.1 Å². The van der Waals surface area contributed by atoms with E-state index in [0.717, 1.165) is 30.4 Å². The van der Waals surface area contributed by atoms with Gasteiger partial charge in [0.15, 0.2) is 5.11 Å². The molecule has 3 nitrogen and oxygen atoms in total. The molecule has 146 valence electrons. The molecule has 2 heterocycles. The molecule has 27 heavy (non-hydrogen) atoms. The average Bonchev–Trinajstić information content (AvgIpc) is 3.03. The van der Waals surface area contributed by atoms with Crippen molar-refractivity contribution in [3.63, 3.8) is 0 Å². The van der Waals surface area contributed by atoms with E-state index in [9.17, 15) is 0 Å². The summed E-state index contributed by atoms with van der Waals surface area (Å²) < 4.78 is 0. The number of thiophene rings is 1. The maximum atomic E-state index is 5.84. The van der Waals surface area contributed by atoms with Gasteiger partial charge in [-0.05, 0) is 74.6 Å². The normalized spacial score (nSPS) is 15.3. The molecule has 0 saturated carbocycles. The third kappa shape index (κ3) is 6.03. The summed E-state index contributed by atoms with van der Waals surface area (Å²) in [4.78, 5) is 6.30. The van der Waals surface area contributed by atoms with Crippen LogP contribution in [0.15, 0.2) is 35.7 Å². The Balaban J connectivity index is 1.67. The van der Waals surface area contributed by atoms with Gasteiger partial charge in [-0.15, -0.1) is 11.3 Å². The van der Waals surface area contributed by atoms with Gasteiger partial charge in [0.05, 0.1) is 6.54 Å². The molecule has 1 aliphatic rings. The first-order valence-electron chi connectivity index (χ1n) is 10.0. The van der Waals surface area contributed by atoms with Crippen molar-refractivity contribution >= 4 is 34.4 Å². The van der Waals surface area contributed by atoms with E-state index in [2.05, 4.69) is 64.7 Å². The molecule has 1 aromatic heterocycles. The van der Waals surface area contributed by atoms with Crippen LogP contribution in [-0.4, -0.2) is 41.1 Å². The summed E-state index contributed by atoms with van der Waals surface area (Å²) in [7, 11) is 0. The zero-order valence-corrected chi connectivity index (χ0v) is 18.2. The number of likely N-dealkylation sites (tertiary alicyclic amines) is 1. The van der Waals surface area contributed by atoms with Crippen LogP contribution in [0, 0.1) is 13.8 Å². The van der Waals surface area contributed by atoms with Crippen molar-refractivity contribution in [1.29, 1.82) is 0 Å². The number of thiocarbonyl (C=S) groups is 1. The van der Waals surface area contributed by atoms with E-state index in [-0.39, 0.29) is 0 Å². The zero-order valence-electron chi connectivity index (χ0n) is 16.5. The fourth-order valence-corrected chi connectivity index (χ4v) is 4.64. The van der Waals surface area contributed by atoms with E-state index < -0.39 is 0 Å². The molecule has 0 bridgehead atoms. The minimum Gasteiger partial charge on any atom is -0.343 e. The lowest BCUT2D eigenvalue weighted by Crippen LogP contribution is -2.40. The van der Waals surface area contributed by atoms with Crippen molar-refractivity contribution in [1.82, 2.24) is 9.80 Å². The second-order valence-electron chi connectivity index (χ2n) is 7.45. The Morgan fingerprint density at radius 3 is 2.41 bits per heavy atom. The van der Waals surface area contributed by atoms with Crippen LogP contribution in [0.1, 0.15) is 41.7 Å². The van der Waals surface area contributed by atoms with E-state index in [1.165, 1.54) is 54.8 Å². The number of benzene rings is 1. The number of anilines is 1. The van der Waals surface area contributed by atoms with Crippen LogP contribution in [-0.2, 0) is 6.54 Å². The first kappa shape index (κ1) is 20.3. The Bertz CT molecular complexity index is 699. The van der Waals surface area contributed by atoms with Crippen LogP contribution in [0.25, 0.3) is 0 Å². The van der Waals surface area contributed by atoms with Gasteiger partial charge in [-0.25, -0.2) is 0 Å². The quantitative estimate of drug-likeness (QED) is 0.649. The number of hydrogen-bond donors (Lipinski definition) is 1. The first-order chi connectivity index (χ1) is 13.1. The molecule has 1 fully saturated rings. The van der Waals surface area contributed by atoms with E-state index >= 15 is 0 Å². The summed E-state index contributed by atoms with van der Waals surface area (Å²) in [5.74, 6) is 0. The lowest BCUT2D eigenvalue weighted by Gasteiger charge is -2.29. The topological polar surface area (TPSA) is 18.5 Å². The maximum Gasteiger partial charge on any atom is 0.173 e. The first-order valence-corrected chi connectivity index (χ1v) is 11.3. The molecule has 0 atom stereocenters. The molecular formula is C22H31N3S2. The number of nitrogens with zero attached hydrogens (tertiary/aromatic N) is 2. The third-order valence-electron chi connectivity index (χ3n) is 5.31. The average molecular weight is 402 g/mol. The van der Waals surface area contributed by atoms with Gasteiger partial charge >= 0.3 is 0 Å². The van der Waals surface area contributed by atoms with E-state index in [0.29, 0.717) is 0 Å². The van der Waals surface area contributed by atoms with Crippen LogP contribution in [0.4, 0.5) is 5.69 Å². The maximum absolute atomic E-state index is 5.84. The lowest BCUT2D eigenvalue weighted by atomic mass is 10.1. The number of nitrogens with one attached hydrogen (secondary N) is 1. The molecule has 0 amide bonds. The predicted molar refractivity (Wildman–Crippen MR) is 122 cm³/mol. The molecular weight excluding hydrogens is 370 g/mol. The molecule has 0 spiro atoms. The van der Waals surface area contributed by atoms with Crippen molar-refractivity contribution in [2.75, 3.05) is 31.5 Å². The Labute approximate surface area is 173 Å². The molecule has 0 aliphatic carbocycles. The Morgan fingerprint density at radius 2 is 1.78 bits per heavy atom. The number of hydrogen-bond acceptors (Lipinski definition) is 3. The largest absolute Gasteiger partial charge is 0.343 e. The summed E-state index contributed by atoms with van der Waals surface area (Å²) >= 11 is 7.65. The van der Waals surface area contributed by atoms with Crippen LogP contribution in [0.2, 0.25) is 0 Å². The van der Waals surface area contributed by atoms with Gasteiger partial charge in [0.2, 0.25) is 0 Å². The molecule has 5 heteroatoms. The summed E-state index contributed by atoms with van der Waals surface area (Å²) in [5, 5.41) is 6.51. The highest BCUT2D eigenvalue weighted by atomic mass is 32.1. The second kappa shape index (κ2) is 10.2. The second-order valence-corrected chi connectivity index (χ2v) is 8.87. The zero-order chi connectivity index (χ0) is 19.1. The van der Waals surface area contributed by atoms with Crippen molar-refractivity contribution in [3.05, 3.63) is 51.7 Å². The van der Waals surface area contributed by atoms with Crippen molar-refractivity contribution in [2.45, 2.75) is 46.1 Å². The van der Waals surface area contributed by atoms with Crippen LogP contribution in [0.5, 0.6) is 0 Å². The molecule has 1 saturated heterocycles. The van der Waals surface area contributed by atoms with Gasteiger partial charge in [0.25, 0.3) is 0 Å². The summed E-state index contributed by atoms with van der Waals surface area (Å²) in [6.45, 7) is 9.66. The van der Waals surface area contributed by atoms with E-state index in [1.807, 2.05) is 0 Å². The molecule has 0 radical (unpaired) electrons. The highest BCUT2D eigenvalue weighted by Crippen LogP contribution is 2.21. The highest BCUT2D eigenvalue weighted by molar-refractivity contribution is 7.80. The molecule has 0 unspecified atom stereocenters. The Morgan fingerprint density at radius 1 is 1.07 bits per heavy atom. The summed E-state index contributed by atoms with van der Waals surface area (Å²) in [5.41, 5.74) is 3.62. The number of aryl methyl sites for hydroxylation is 2. The predicted octanol–water partition coefficient (Wildman–Crippen LogP) is 5.44. The van der Waals surface area contributed by atoms with Gasteiger partial charge in [0.1, 0.15) is 0 Å². The molecule has 1 aliphatic heterocycles. The van der Waals surface area contributed by atoms with Crippen molar-refractivity contribution < 1.29 is 0 Å². The summed E-state index contributed by atoms with van der Waals surface area (Å²) in [6.07, 6.45) is 5.41. The van der Waals surface area contributed by atoms with E-state index in [4.69, 9.17) is 12.2 Å². The minimum absolute atomic E-state index is 0.829. The van der Waals surface area contributed by atoms with Crippen molar-refractivity contribution in [3.8, 4) is 0 Å². The monoisotopic (exact) mass is 401 g/mol. The molecule has 3 rings (SSSR count). The third-order valence-corrected chi connectivity index (χ3v) is 6.53. The lowest BCUT2D eigenvalue weighted by molar-refractivity contribution is 0.253. The van der Waals surface area contributed by atoms with Crippen LogP contribution in [0.3, 0.4) is 0 Å². The number of rotatable bonds is 6. The standard InChI is InChI=1S/C22H31N3S2/c1-18-9-7-10-19(2)21(18)23-22(26)25(17-20-11-8-16-27-20)15-14-24-12-5-3-4-6-13-24/h7-11,16H,3-6,12-15,17H2,1-2H3,(H,23,26). The van der Waals surface area contributed by atoms with Crippen LogP contribution >= 0.6 is 23.6 Å². The van der Waals surface area contributed by atoms with Crippen LogP contribution < -0.4 is 5.32 Å².